The summed E-state index contributed by atoms with van der Waals surface area (Å²) in [6, 6.07) is 29.4. The van der Waals surface area contributed by atoms with Crippen LogP contribution in [0.5, 0.6) is 5.75 Å². The number of rotatable bonds is 9. The SMILES string of the molecule is CC/C(=C(\c1ccccc1)c1ccc(OCC(CO)N(C)C)cc1)c1ccccc1. The fourth-order valence-electron chi connectivity index (χ4n) is 3.56. The zero-order valence-corrected chi connectivity index (χ0v) is 18.1. The van der Waals surface area contributed by atoms with Gasteiger partial charge in [0, 0.05) is 0 Å². The Bertz CT molecular complexity index is 932. The van der Waals surface area contributed by atoms with Crippen LogP contribution in [0.4, 0.5) is 0 Å². The van der Waals surface area contributed by atoms with Crippen molar-refractivity contribution in [3.8, 4) is 5.75 Å². The van der Waals surface area contributed by atoms with Crippen LogP contribution in [-0.4, -0.2) is 43.4 Å². The van der Waals surface area contributed by atoms with E-state index in [0.29, 0.717) is 6.61 Å². The molecule has 0 aromatic heterocycles. The Balaban J connectivity index is 1.96. The number of hydrogen-bond donors (Lipinski definition) is 1. The summed E-state index contributed by atoms with van der Waals surface area (Å²) in [5, 5.41) is 9.49. The molecule has 0 radical (unpaired) electrons. The summed E-state index contributed by atoms with van der Waals surface area (Å²) in [6.07, 6.45) is 0.938. The lowest BCUT2D eigenvalue weighted by Gasteiger charge is -2.22. The molecule has 0 aliphatic rings. The van der Waals surface area contributed by atoms with E-state index in [4.69, 9.17) is 4.74 Å². The van der Waals surface area contributed by atoms with Gasteiger partial charge in [0.2, 0.25) is 0 Å². The first-order valence-corrected chi connectivity index (χ1v) is 10.5. The Morgan fingerprint density at radius 3 is 1.83 bits per heavy atom. The van der Waals surface area contributed by atoms with Crippen molar-refractivity contribution in [3.05, 3.63) is 102 Å². The second-order valence-corrected chi connectivity index (χ2v) is 7.57. The molecule has 3 aromatic rings. The number of aliphatic hydroxyl groups excluding tert-OH is 1. The highest BCUT2D eigenvalue weighted by Crippen LogP contribution is 2.34. The molecule has 0 heterocycles. The fourth-order valence-corrected chi connectivity index (χ4v) is 3.56. The summed E-state index contributed by atoms with van der Waals surface area (Å²) < 4.78 is 5.91. The first-order chi connectivity index (χ1) is 14.6. The zero-order valence-electron chi connectivity index (χ0n) is 18.1. The van der Waals surface area contributed by atoms with Crippen LogP contribution < -0.4 is 4.74 Å². The van der Waals surface area contributed by atoms with Gasteiger partial charge in [0.25, 0.3) is 0 Å². The van der Waals surface area contributed by atoms with Gasteiger partial charge in [-0.15, -0.1) is 0 Å². The smallest absolute Gasteiger partial charge is 0.119 e. The second-order valence-electron chi connectivity index (χ2n) is 7.57. The second kappa shape index (κ2) is 10.8. The molecule has 3 heteroatoms. The zero-order chi connectivity index (χ0) is 21.3. The molecule has 0 fully saturated rings. The molecular formula is C27H31NO2. The van der Waals surface area contributed by atoms with Crippen LogP contribution in [0, 0.1) is 0 Å². The molecule has 0 aliphatic heterocycles. The molecule has 3 rings (SSSR count). The lowest BCUT2D eigenvalue weighted by Crippen LogP contribution is -2.36. The van der Waals surface area contributed by atoms with Crippen LogP contribution in [-0.2, 0) is 0 Å². The lowest BCUT2D eigenvalue weighted by molar-refractivity contribution is 0.118. The van der Waals surface area contributed by atoms with Crippen LogP contribution in [0.2, 0.25) is 0 Å². The average Bonchev–Trinajstić information content (AvgIpc) is 2.79. The lowest BCUT2D eigenvalue weighted by atomic mass is 9.88. The third kappa shape index (κ3) is 5.38. The highest BCUT2D eigenvalue weighted by atomic mass is 16.5. The van der Waals surface area contributed by atoms with Gasteiger partial charge in [0.1, 0.15) is 12.4 Å². The molecular weight excluding hydrogens is 370 g/mol. The monoisotopic (exact) mass is 401 g/mol. The van der Waals surface area contributed by atoms with Gasteiger partial charge >= 0.3 is 0 Å². The Labute approximate surface area is 180 Å². The number of ether oxygens (including phenoxy) is 1. The molecule has 0 saturated carbocycles. The summed E-state index contributed by atoms with van der Waals surface area (Å²) in [7, 11) is 3.89. The summed E-state index contributed by atoms with van der Waals surface area (Å²) >= 11 is 0. The van der Waals surface area contributed by atoms with Gasteiger partial charge < -0.3 is 14.7 Å². The van der Waals surface area contributed by atoms with E-state index >= 15 is 0 Å². The van der Waals surface area contributed by atoms with Crippen molar-refractivity contribution < 1.29 is 9.84 Å². The number of hydrogen-bond acceptors (Lipinski definition) is 3. The first-order valence-electron chi connectivity index (χ1n) is 10.5. The van der Waals surface area contributed by atoms with Crippen molar-refractivity contribution in [1.29, 1.82) is 0 Å². The minimum atomic E-state index is -0.0192. The Morgan fingerprint density at radius 1 is 0.800 bits per heavy atom. The van der Waals surface area contributed by atoms with E-state index in [9.17, 15) is 5.11 Å². The van der Waals surface area contributed by atoms with E-state index in [-0.39, 0.29) is 12.6 Å². The number of allylic oxidation sites excluding steroid dienone is 1. The molecule has 156 valence electrons. The highest BCUT2D eigenvalue weighted by molar-refractivity contribution is 5.98. The van der Waals surface area contributed by atoms with Crippen molar-refractivity contribution in [3.63, 3.8) is 0 Å². The van der Waals surface area contributed by atoms with Crippen LogP contribution >= 0.6 is 0 Å². The van der Waals surface area contributed by atoms with Crippen molar-refractivity contribution in [2.45, 2.75) is 19.4 Å². The normalized spacial score (nSPS) is 13.1. The van der Waals surface area contributed by atoms with Crippen molar-refractivity contribution in [1.82, 2.24) is 4.90 Å². The Kier molecular flexibility index (Phi) is 7.83. The predicted octanol–water partition coefficient (Wildman–Crippen LogP) is 5.36. The van der Waals surface area contributed by atoms with E-state index in [1.54, 1.807) is 0 Å². The van der Waals surface area contributed by atoms with Crippen molar-refractivity contribution >= 4 is 11.1 Å². The van der Waals surface area contributed by atoms with E-state index in [0.717, 1.165) is 12.2 Å². The predicted molar refractivity (Wildman–Crippen MR) is 126 cm³/mol. The van der Waals surface area contributed by atoms with Crippen molar-refractivity contribution in [2.24, 2.45) is 0 Å². The molecule has 0 spiro atoms. The van der Waals surface area contributed by atoms with Crippen molar-refractivity contribution in [2.75, 3.05) is 27.3 Å². The van der Waals surface area contributed by atoms with E-state index < -0.39 is 0 Å². The Hall–Kier alpha value is -2.88. The largest absolute Gasteiger partial charge is 0.492 e. The maximum Gasteiger partial charge on any atom is 0.119 e. The topological polar surface area (TPSA) is 32.7 Å². The average molecular weight is 402 g/mol. The van der Waals surface area contributed by atoms with Gasteiger partial charge in [0.05, 0.1) is 12.6 Å². The molecule has 0 amide bonds. The Morgan fingerprint density at radius 2 is 1.33 bits per heavy atom. The standard InChI is InChI=1S/C27H31NO2/c1-4-26(21-11-7-5-8-12-21)27(22-13-9-6-10-14-22)23-15-17-25(18-16-23)30-20-24(19-29)28(2)3/h5-18,24,29H,4,19-20H2,1-3H3/b27-26-. The van der Waals surface area contributed by atoms with Crippen LogP contribution in [0.25, 0.3) is 11.1 Å². The van der Waals surface area contributed by atoms with Crippen LogP contribution in [0.1, 0.15) is 30.0 Å². The molecule has 1 unspecified atom stereocenters. The maximum absolute atomic E-state index is 9.49. The molecule has 1 atom stereocenters. The van der Waals surface area contributed by atoms with Crippen LogP contribution in [0.15, 0.2) is 84.9 Å². The summed E-state index contributed by atoms with van der Waals surface area (Å²) in [5.74, 6) is 0.809. The molecule has 3 aromatic carbocycles. The highest BCUT2D eigenvalue weighted by Gasteiger charge is 2.14. The van der Waals surface area contributed by atoms with E-state index in [1.165, 1.54) is 27.8 Å². The van der Waals surface area contributed by atoms with Gasteiger partial charge in [-0.25, -0.2) is 0 Å². The van der Waals surface area contributed by atoms with E-state index in [1.807, 2.05) is 31.1 Å². The van der Waals surface area contributed by atoms with Gasteiger partial charge in [0.15, 0.2) is 0 Å². The maximum atomic E-state index is 9.49. The summed E-state index contributed by atoms with van der Waals surface area (Å²) in [6.45, 7) is 2.73. The molecule has 0 saturated heterocycles. The first kappa shape index (κ1) is 21.8. The van der Waals surface area contributed by atoms with E-state index in [2.05, 4.69) is 79.7 Å². The third-order valence-electron chi connectivity index (χ3n) is 5.37. The fraction of sp³-hybridized carbons (Fsp3) is 0.259. The number of likely N-dealkylation sites (N-methyl/N-ethyl adjacent to an activating group) is 1. The minimum absolute atomic E-state index is 0.0192. The number of aliphatic hydroxyl groups is 1. The third-order valence-corrected chi connectivity index (χ3v) is 5.37. The number of nitrogens with zero attached hydrogens (tertiary/aromatic N) is 1. The molecule has 0 bridgehead atoms. The molecule has 1 N–H and O–H groups in total. The molecule has 3 nitrogen and oxygen atoms in total. The summed E-state index contributed by atoms with van der Waals surface area (Å²) in [5.41, 5.74) is 6.19. The van der Waals surface area contributed by atoms with Crippen LogP contribution in [0.3, 0.4) is 0 Å². The van der Waals surface area contributed by atoms with Gasteiger partial charge in [-0.3, -0.25) is 0 Å². The molecule has 30 heavy (non-hydrogen) atoms. The number of benzene rings is 3. The quantitative estimate of drug-likeness (QED) is 0.490. The van der Waals surface area contributed by atoms with Gasteiger partial charge in [-0.1, -0.05) is 79.7 Å². The molecule has 0 aliphatic carbocycles. The summed E-state index contributed by atoms with van der Waals surface area (Å²) in [4.78, 5) is 1.97. The minimum Gasteiger partial charge on any atom is -0.492 e. The van der Waals surface area contributed by atoms with Gasteiger partial charge in [-0.05, 0) is 60.5 Å². The van der Waals surface area contributed by atoms with Gasteiger partial charge in [-0.2, -0.15) is 0 Å².